The van der Waals surface area contributed by atoms with Gasteiger partial charge in [0.15, 0.2) is 11.5 Å². The van der Waals surface area contributed by atoms with Crippen molar-refractivity contribution in [3.63, 3.8) is 0 Å². The highest BCUT2D eigenvalue weighted by Gasteiger charge is 2.29. The first-order valence-electron chi connectivity index (χ1n) is 9.22. The molecule has 144 valence electrons. The van der Waals surface area contributed by atoms with Crippen molar-refractivity contribution in [3.8, 4) is 11.5 Å². The molecule has 0 aliphatic carbocycles. The van der Waals surface area contributed by atoms with Gasteiger partial charge in [0.25, 0.3) is 0 Å². The molecule has 2 atom stereocenters. The van der Waals surface area contributed by atoms with E-state index in [1.807, 2.05) is 30.3 Å². The highest BCUT2D eigenvalue weighted by molar-refractivity contribution is 5.70. The van der Waals surface area contributed by atoms with Crippen LogP contribution in [0.15, 0.2) is 42.7 Å². The second-order valence-electron chi connectivity index (χ2n) is 7.03. The minimum absolute atomic E-state index is 0.291. The first-order chi connectivity index (χ1) is 13.1. The number of carbonyl (C=O) groups is 1. The third-order valence-corrected chi connectivity index (χ3v) is 5.09. The molecule has 1 aliphatic heterocycles. The molecule has 2 unspecified atom stereocenters. The van der Waals surface area contributed by atoms with E-state index in [0.717, 1.165) is 24.0 Å². The fourth-order valence-electron chi connectivity index (χ4n) is 3.41. The summed E-state index contributed by atoms with van der Waals surface area (Å²) < 4.78 is 11.4. The van der Waals surface area contributed by atoms with Gasteiger partial charge in [-0.05, 0) is 43.5 Å². The lowest BCUT2D eigenvalue weighted by Gasteiger charge is -2.36. The number of nitrogens with zero attached hydrogens (tertiary/aromatic N) is 2. The van der Waals surface area contributed by atoms with Gasteiger partial charge < -0.3 is 14.6 Å². The minimum atomic E-state index is -0.706. The third-order valence-electron chi connectivity index (χ3n) is 5.09. The number of benzene rings is 1. The second kappa shape index (κ2) is 8.86. The number of carboxylic acids is 1. The Morgan fingerprint density at radius 2 is 2.11 bits per heavy atom. The molecular formula is C21H26N2O4. The van der Waals surface area contributed by atoms with Gasteiger partial charge in [0.05, 0.1) is 13.0 Å². The van der Waals surface area contributed by atoms with Crippen LogP contribution >= 0.6 is 0 Å². The molecule has 2 aromatic rings. The fraction of sp³-hybridized carbons (Fsp3) is 0.429. The molecule has 6 nitrogen and oxygen atoms in total. The Morgan fingerprint density at radius 1 is 1.26 bits per heavy atom. The first-order valence-corrected chi connectivity index (χ1v) is 9.22. The summed E-state index contributed by atoms with van der Waals surface area (Å²) in [6, 6.07) is 10.1. The van der Waals surface area contributed by atoms with Crippen LogP contribution in [0.3, 0.4) is 0 Å². The summed E-state index contributed by atoms with van der Waals surface area (Å²) in [5.41, 5.74) is 2.06. The van der Waals surface area contributed by atoms with Crippen LogP contribution in [0.2, 0.25) is 0 Å². The van der Waals surface area contributed by atoms with E-state index in [2.05, 4.69) is 16.8 Å². The van der Waals surface area contributed by atoms with E-state index in [0.29, 0.717) is 37.2 Å². The molecule has 0 radical (unpaired) electrons. The van der Waals surface area contributed by atoms with Gasteiger partial charge in [-0.2, -0.15) is 0 Å². The van der Waals surface area contributed by atoms with Crippen LogP contribution in [-0.2, 0) is 17.9 Å². The lowest BCUT2D eigenvalue weighted by atomic mass is 9.93. The number of rotatable bonds is 7. The van der Waals surface area contributed by atoms with E-state index in [4.69, 9.17) is 9.47 Å². The smallest absolute Gasteiger partial charge is 0.307 e. The Morgan fingerprint density at radius 3 is 2.81 bits per heavy atom. The van der Waals surface area contributed by atoms with Gasteiger partial charge in [0.1, 0.15) is 6.61 Å². The SMILES string of the molecule is COc1ccc(CN2CC(C(=O)O)CCC2C)cc1OCc1cccnc1. The Labute approximate surface area is 159 Å². The number of hydrogen-bond acceptors (Lipinski definition) is 5. The summed E-state index contributed by atoms with van der Waals surface area (Å²) in [4.78, 5) is 17.7. The van der Waals surface area contributed by atoms with Crippen molar-refractivity contribution in [2.24, 2.45) is 5.92 Å². The van der Waals surface area contributed by atoms with E-state index in [-0.39, 0.29) is 5.92 Å². The molecular weight excluding hydrogens is 344 g/mol. The standard InChI is InChI=1S/C21H26N2O4/c1-15-5-7-18(21(24)25)13-23(15)12-16-6-8-19(26-2)20(10-16)27-14-17-4-3-9-22-11-17/h3-4,6,8-11,15,18H,5,7,12-14H2,1-2H3,(H,24,25). The second-order valence-corrected chi connectivity index (χ2v) is 7.03. The average Bonchev–Trinajstić information content (AvgIpc) is 2.69. The van der Waals surface area contributed by atoms with Gasteiger partial charge in [-0.25, -0.2) is 0 Å². The Balaban J connectivity index is 1.71. The number of aliphatic carboxylic acids is 1. The number of carboxylic acid groups (broad SMARTS) is 1. The summed E-state index contributed by atoms with van der Waals surface area (Å²) in [7, 11) is 1.62. The molecule has 2 heterocycles. The van der Waals surface area contributed by atoms with Crippen molar-refractivity contribution in [2.45, 2.75) is 39.0 Å². The normalized spacial score (nSPS) is 20.2. The predicted octanol–water partition coefficient (Wildman–Crippen LogP) is 3.35. The van der Waals surface area contributed by atoms with Crippen LogP contribution < -0.4 is 9.47 Å². The number of ether oxygens (including phenoxy) is 2. The molecule has 27 heavy (non-hydrogen) atoms. The van der Waals surface area contributed by atoms with E-state index in [1.54, 1.807) is 19.5 Å². The molecule has 1 aromatic heterocycles. The maximum absolute atomic E-state index is 11.3. The van der Waals surface area contributed by atoms with Crippen LogP contribution in [0, 0.1) is 5.92 Å². The Bertz CT molecular complexity index is 766. The zero-order valence-electron chi connectivity index (χ0n) is 15.8. The van der Waals surface area contributed by atoms with Gasteiger partial charge in [-0.1, -0.05) is 12.1 Å². The van der Waals surface area contributed by atoms with Crippen molar-refractivity contribution in [1.29, 1.82) is 0 Å². The van der Waals surface area contributed by atoms with Crippen molar-refractivity contribution >= 4 is 5.97 Å². The number of pyridine rings is 1. The largest absolute Gasteiger partial charge is 0.493 e. The Kier molecular flexibility index (Phi) is 6.29. The summed E-state index contributed by atoms with van der Waals surface area (Å²) in [6.07, 6.45) is 5.15. The van der Waals surface area contributed by atoms with Crippen molar-refractivity contribution < 1.29 is 19.4 Å². The summed E-state index contributed by atoms with van der Waals surface area (Å²) >= 11 is 0. The predicted molar refractivity (Wildman–Crippen MR) is 102 cm³/mol. The van der Waals surface area contributed by atoms with Crippen LogP contribution in [0.25, 0.3) is 0 Å². The summed E-state index contributed by atoms with van der Waals surface area (Å²) in [5, 5.41) is 9.33. The summed E-state index contributed by atoms with van der Waals surface area (Å²) in [5.74, 6) is 0.360. The molecule has 1 aromatic carbocycles. The van der Waals surface area contributed by atoms with Gasteiger partial charge in [-0.15, -0.1) is 0 Å². The van der Waals surface area contributed by atoms with E-state index in [9.17, 15) is 9.90 Å². The molecule has 1 N–H and O–H groups in total. The number of methoxy groups -OCH3 is 1. The average molecular weight is 370 g/mol. The fourth-order valence-corrected chi connectivity index (χ4v) is 3.41. The number of hydrogen-bond donors (Lipinski definition) is 1. The van der Waals surface area contributed by atoms with Crippen molar-refractivity contribution in [3.05, 3.63) is 53.9 Å². The molecule has 3 rings (SSSR count). The monoisotopic (exact) mass is 370 g/mol. The third kappa shape index (κ3) is 4.98. The topological polar surface area (TPSA) is 71.9 Å². The van der Waals surface area contributed by atoms with E-state index < -0.39 is 5.97 Å². The Hall–Kier alpha value is -2.60. The zero-order chi connectivity index (χ0) is 19.2. The molecule has 1 aliphatic rings. The molecule has 1 saturated heterocycles. The number of piperidine rings is 1. The highest BCUT2D eigenvalue weighted by atomic mass is 16.5. The van der Waals surface area contributed by atoms with E-state index in [1.165, 1.54) is 0 Å². The van der Waals surface area contributed by atoms with Crippen LogP contribution in [0.1, 0.15) is 30.9 Å². The highest BCUT2D eigenvalue weighted by Crippen LogP contribution is 2.31. The van der Waals surface area contributed by atoms with Gasteiger partial charge in [0.2, 0.25) is 0 Å². The maximum Gasteiger partial charge on any atom is 0.307 e. The van der Waals surface area contributed by atoms with Gasteiger partial charge in [0, 0.05) is 37.1 Å². The van der Waals surface area contributed by atoms with Gasteiger partial charge >= 0.3 is 5.97 Å². The quantitative estimate of drug-likeness (QED) is 0.806. The lowest BCUT2D eigenvalue weighted by Crippen LogP contribution is -2.43. The van der Waals surface area contributed by atoms with Crippen LogP contribution in [-0.4, -0.2) is 40.7 Å². The zero-order valence-corrected chi connectivity index (χ0v) is 15.8. The number of aromatic nitrogens is 1. The summed E-state index contributed by atoms with van der Waals surface area (Å²) in [6.45, 7) is 3.84. The number of likely N-dealkylation sites (tertiary alicyclic amines) is 1. The van der Waals surface area contributed by atoms with Crippen LogP contribution in [0.4, 0.5) is 0 Å². The lowest BCUT2D eigenvalue weighted by molar-refractivity contribution is -0.144. The maximum atomic E-state index is 11.3. The molecule has 1 fully saturated rings. The van der Waals surface area contributed by atoms with E-state index >= 15 is 0 Å². The van der Waals surface area contributed by atoms with Crippen LogP contribution in [0.5, 0.6) is 11.5 Å². The molecule has 0 bridgehead atoms. The minimum Gasteiger partial charge on any atom is -0.493 e. The van der Waals surface area contributed by atoms with Crippen molar-refractivity contribution in [2.75, 3.05) is 13.7 Å². The van der Waals surface area contributed by atoms with Crippen molar-refractivity contribution in [1.82, 2.24) is 9.88 Å². The molecule has 0 saturated carbocycles. The molecule has 0 amide bonds. The molecule has 0 spiro atoms. The first kappa shape index (κ1) is 19.2. The molecule has 6 heteroatoms. The van der Waals surface area contributed by atoms with Gasteiger partial charge in [-0.3, -0.25) is 14.7 Å².